The fourth-order valence-electron chi connectivity index (χ4n) is 4.28. The first-order valence-electron chi connectivity index (χ1n) is 11.7. The van der Waals surface area contributed by atoms with Crippen LogP contribution in [0.4, 0.5) is 5.69 Å². The molecule has 0 spiro atoms. The summed E-state index contributed by atoms with van der Waals surface area (Å²) < 4.78 is 19.1. The van der Waals surface area contributed by atoms with Crippen molar-refractivity contribution in [2.24, 2.45) is 0 Å². The van der Waals surface area contributed by atoms with E-state index in [1.807, 2.05) is 50.2 Å². The number of rotatable bonds is 10. The fraction of sp³-hybridized carbons (Fsp3) is 0.310. The third-order valence-corrected chi connectivity index (χ3v) is 6.19. The summed E-state index contributed by atoms with van der Waals surface area (Å²) >= 11 is 6.14. The maximum atomic E-state index is 6.51. The van der Waals surface area contributed by atoms with Crippen LogP contribution in [0.1, 0.15) is 36.6 Å². The van der Waals surface area contributed by atoms with Crippen molar-refractivity contribution in [3.63, 3.8) is 0 Å². The van der Waals surface area contributed by atoms with Gasteiger partial charge in [-0.05, 0) is 61.7 Å². The van der Waals surface area contributed by atoms with Crippen molar-refractivity contribution in [1.82, 2.24) is 0 Å². The summed E-state index contributed by atoms with van der Waals surface area (Å²) in [5, 5.41) is 4.22. The lowest BCUT2D eigenvalue weighted by Crippen LogP contribution is -2.51. The maximum absolute atomic E-state index is 6.51. The molecule has 3 aromatic carbocycles. The Bertz CT molecular complexity index is 1100. The minimum absolute atomic E-state index is 0.268. The third kappa shape index (κ3) is 6.01. The molecule has 1 aliphatic rings. The lowest BCUT2D eigenvalue weighted by molar-refractivity contribution is -0.156. The van der Waals surface area contributed by atoms with Gasteiger partial charge in [-0.25, -0.2) is 0 Å². The Morgan fingerprint density at radius 3 is 2.56 bits per heavy atom. The van der Waals surface area contributed by atoms with Crippen LogP contribution in [-0.4, -0.2) is 24.9 Å². The van der Waals surface area contributed by atoms with E-state index in [0.717, 1.165) is 34.0 Å². The molecule has 0 radical (unpaired) electrons. The molecule has 0 amide bonds. The molecule has 34 heavy (non-hydrogen) atoms. The van der Waals surface area contributed by atoms with Crippen LogP contribution in [0.2, 0.25) is 5.02 Å². The second-order valence-electron chi connectivity index (χ2n) is 9.01. The molecule has 5 heteroatoms. The zero-order valence-electron chi connectivity index (χ0n) is 19.8. The molecule has 0 bridgehead atoms. The number of nitrogens with one attached hydrogen (secondary N) is 1. The molecule has 4 nitrogen and oxygen atoms in total. The van der Waals surface area contributed by atoms with Gasteiger partial charge in [-0.15, -0.1) is 6.58 Å². The summed E-state index contributed by atoms with van der Waals surface area (Å²) in [4.78, 5) is 0. The van der Waals surface area contributed by atoms with Crippen molar-refractivity contribution in [2.75, 3.05) is 18.5 Å². The second kappa shape index (κ2) is 11.1. The number of fused-ring (bicyclic) bond motifs is 1. The van der Waals surface area contributed by atoms with Gasteiger partial charge in [-0.1, -0.05) is 60.1 Å². The normalized spacial score (nSPS) is 18.6. The highest BCUT2D eigenvalue weighted by Gasteiger charge is 2.45. The Morgan fingerprint density at radius 1 is 1.00 bits per heavy atom. The fourth-order valence-corrected chi connectivity index (χ4v) is 4.49. The van der Waals surface area contributed by atoms with Gasteiger partial charge in [-0.3, -0.25) is 0 Å². The first kappa shape index (κ1) is 24.3. The standard InChI is InChI=1S/C29H32ClNO3/c1-4-16-33-28-27(32-17-15-21-9-6-5-7-10-21)25-19-24(13-14-26(25)34-29(28,2)3)31-20-22-11-8-12-23(30)18-22/h4-14,18-19,27-28,31H,1,15-17,20H2,2-3H3. The molecule has 1 N–H and O–H groups in total. The largest absolute Gasteiger partial charge is 0.485 e. The summed E-state index contributed by atoms with van der Waals surface area (Å²) in [6.07, 6.45) is 2.04. The lowest BCUT2D eigenvalue weighted by atomic mass is 9.87. The van der Waals surface area contributed by atoms with E-state index in [1.165, 1.54) is 5.56 Å². The number of hydrogen-bond donors (Lipinski definition) is 1. The molecular formula is C29H32ClNO3. The Morgan fingerprint density at radius 2 is 1.79 bits per heavy atom. The van der Waals surface area contributed by atoms with E-state index >= 15 is 0 Å². The second-order valence-corrected chi connectivity index (χ2v) is 9.45. The molecule has 0 aliphatic carbocycles. The van der Waals surface area contributed by atoms with Crippen LogP contribution in [-0.2, 0) is 22.4 Å². The van der Waals surface area contributed by atoms with Gasteiger partial charge in [0.2, 0.25) is 0 Å². The van der Waals surface area contributed by atoms with Crippen molar-refractivity contribution < 1.29 is 14.2 Å². The zero-order valence-corrected chi connectivity index (χ0v) is 20.6. The monoisotopic (exact) mass is 477 g/mol. The van der Waals surface area contributed by atoms with Gasteiger partial charge in [0.1, 0.15) is 23.6 Å². The topological polar surface area (TPSA) is 39.7 Å². The first-order valence-corrected chi connectivity index (χ1v) is 12.0. The molecule has 4 rings (SSSR count). The van der Waals surface area contributed by atoms with Crippen molar-refractivity contribution in [3.05, 3.63) is 107 Å². The Hall–Kier alpha value is -2.79. The maximum Gasteiger partial charge on any atom is 0.132 e. The Balaban J connectivity index is 1.56. The highest BCUT2D eigenvalue weighted by molar-refractivity contribution is 6.30. The Labute approximate surface area is 207 Å². The smallest absolute Gasteiger partial charge is 0.132 e. The van der Waals surface area contributed by atoms with Crippen LogP contribution in [0.5, 0.6) is 5.75 Å². The quantitative estimate of drug-likeness (QED) is 0.319. The van der Waals surface area contributed by atoms with Crippen molar-refractivity contribution >= 4 is 17.3 Å². The van der Waals surface area contributed by atoms with Gasteiger partial charge < -0.3 is 19.5 Å². The van der Waals surface area contributed by atoms with Gasteiger partial charge in [0.05, 0.1) is 13.2 Å². The van der Waals surface area contributed by atoms with Crippen LogP contribution in [0.15, 0.2) is 85.5 Å². The van der Waals surface area contributed by atoms with Gasteiger partial charge in [-0.2, -0.15) is 0 Å². The molecule has 2 atom stereocenters. The van der Waals surface area contributed by atoms with E-state index < -0.39 is 5.60 Å². The van der Waals surface area contributed by atoms with E-state index in [2.05, 4.69) is 48.3 Å². The minimum Gasteiger partial charge on any atom is -0.485 e. The summed E-state index contributed by atoms with van der Waals surface area (Å²) in [7, 11) is 0. The van der Waals surface area contributed by atoms with E-state index in [4.69, 9.17) is 25.8 Å². The van der Waals surface area contributed by atoms with Crippen molar-refractivity contribution in [2.45, 2.75) is 44.6 Å². The van der Waals surface area contributed by atoms with Gasteiger partial charge in [0, 0.05) is 22.8 Å². The highest BCUT2D eigenvalue weighted by atomic mass is 35.5. The molecule has 178 valence electrons. The number of hydrogen-bond acceptors (Lipinski definition) is 4. The summed E-state index contributed by atoms with van der Waals surface area (Å²) in [6, 6.07) is 24.4. The van der Waals surface area contributed by atoms with Gasteiger partial charge in [0.25, 0.3) is 0 Å². The van der Waals surface area contributed by atoms with E-state index in [9.17, 15) is 0 Å². The van der Waals surface area contributed by atoms with Crippen LogP contribution < -0.4 is 10.1 Å². The molecule has 3 aromatic rings. The molecule has 1 aliphatic heterocycles. The summed E-state index contributed by atoms with van der Waals surface area (Å²) in [5.74, 6) is 0.821. The SMILES string of the molecule is C=CCOC1C(OCCc2ccccc2)c2cc(NCc3cccc(Cl)c3)ccc2OC1(C)C. The number of benzene rings is 3. The molecule has 0 fully saturated rings. The first-order chi connectivity index (χ1) is 16.5. The van der Waals surface area contributed by atoms with Crippen molar-refractivity contribution in [3.8, 4) is 5.75 Å². The predicted molar refractivity (Wildman–Crippen MR) is 139 cm³/mol. The van der Waals surface area contributed by atoms with Crippen molar-refractivity contribution in [1.29, 1.82) is 0 Å². The predicted octanol–water partition coefficient (Wildman–Crippen LogP) is 6.99. The number of ether oxygens (including phenoxy) is 3. The molecule has 1 heterocycles. The average Bonchev–Trinajstić information content (AvgIpc) is 2.82. The Kier molecular flexibility index (Phi) is 7.94. The van der Waals surface area contributed by atoms with Gasteiger partial charge in [0.15, 0.2) is 0 Å². The summed E-state index contributed by atoms with van der Waals surface area (Å²) in [5.41, 5.74) is 3.78. The molecule has 0 aromatic heterocycles. The summed E-state index contributed by atoms with van der Waals surface area (Å²) in [6.45, 7) is 9.58. The van der Waals surface area contributed by atoms with Crippen LogP contribution in [0, 0.1) is 0 Å². The van der Waals surface area contributed by atoms with E-state index in [1.54, 1.807) is 6.08 Å². The average molecular weight is 478 g/mol. The van der Waals surface area contributed by atoms with Crippen LogP contribution in [0.25, 0.3) is 0 Å². The molecular weight excluding hydrogens is 446 g/mol. The highest BCUT2D eigenvalue weighted by Crippen LogP contribution is 2.44. The third-order valence-electron chi connectivity index (χ3n) is 5.96. The zero-order chi connectivity index (χ0) is 24.0. The van der Waals surface area contributed by atoms with E-state index in [0.29, 0.717) is 19.8 Å². The molecule has 0 saturated carbocycles. The van der Waals surface area contributed by atoms with Gasteiger partial charge >= 0.3 is 0 Å². The molecule has 0 saturated heterocycles. The van der Waals surface area contributed by atoms with E-state index in [-0.39, 0.29) is 12.2 Å². The number of anilines is 1. The lowest BCUT2D eigenvalue weighted by Gasteiger charge is -2.44. The minimum atomic E-state index is -0.552. The number of halogens is 1. The molecule has 2 unspecified atom stereocenters. The van der Waals surface area contributed by atoms with Crippen LogP contribution >= 0.6 is 11.6 Å². The van der Waals surface area contributed by atoms with Crippen LogP contribution in [0.3, 0.4) is 0 Å².